The smallest absolute Gasteiger partial charge is 0.262 e. The first-order valence-corrected chi connectivity index (χ1v) is 7.51. The van der Waals surface area contributed by atoms with E-state index >= 15 is 0 Å². The maximum absolute atomic E-state index is 13.1. The molecule has 0 aliphatic heterocycles. The van der Waals surface area contributed by atoms with Gasteiger partial charge in [0.15, 0.2) is 0 Å². The van der Waals surface area contributed by atoms with Crippen molar-refractivity contribution in [2.45, 2.75) is 11.8 Å². The van der Waals surface area contributed by atoms with Crippen molar-refractivity contribution in [3.05, 3.63) is 54.3 Å². The van der Waals surface area contributed by atoms with E-state index in [9.17, 15) is 12.8 Å². The number of sulfonamides is 1. The average molecular weight is 295 g/mol. The van der Waals surface area contributed by atoms with Gasteiger partial charge in [-0.15, -0.1) is 0 Å². The Morgan fingerprint density at radius 1 is 1.15 bits per heavy atom. The molecule has 0 aliphatic rings. The summed E-state index contributed by atoms with van der Waals surface area (Å²) in [6.45, 7) is 2.22. The number of anilines is 1. The number of hydrogen-bond donors (Lipinski definition) is 1. The minimum absolute atomic E-state index is 0.135. The lowest BCUT2D eigenvalue weighted by Crippen LogP contribution is -2.14. The summed E-state index contributed by atoms with van der Waals surface area (Å²) in [7, 11) is -3.85. The zero-order chi connectivity index (χ0) is 14.6. The van der Waals surface area contributed by atoms with Crippen molar-refractivity contribution in [3.8, 4) is 5.75 Å². The lowest BCUT2D eigenvalue weighted by molar-refractivity contribution is 0.342. The van der Waals surface area contributed by atoms with Crippen LogP contribution in [0.25, 0.3) is 0 Å². The molecule has 6 heteroatoms. The standard InChI is InChI=1S/C14H14FNO3S/c1-2-19-14-9-4-3-8-13(14)16-20(17,18)12-7-5-6-11(15)10-12/h3-10,16H,2H2,1H3. The first kappa shape index (κ1) is 14.3. The molecule has 0 aliphatic carbocycles. The molecule has 0 heterocycles. The minimum Gasteiger partial charge on any atom is -0.492 e. The van der Waals surface area contributed by atoms with Gasteiger partial charge in [-0.3, -0.25) is 4.72 Å². The Kier molecular flexibility index (Phi) is 4.24. The average Bonchev–Trinajstić information content (AvgIpc) is 2.41. The van der Waals surface area contributed by atoms with Gasteiger partial charge in [0.2, 0.25) is 0 Å². The lowest BCUT2D eigenvalue weighted by atomic mass is 10.3. The Hall–Kier alpha value is -2.08. The van der Waals surface area contributed by atoms with Crippen LogP contribution in [0.1, 0.15) is 6.92 Å². The maximum Gasteiger partial charge on any atom is 0.262 e. The quantitative estimate of drug-likeness (QED) is 0.922. The number of ether oxygens (including phenoxy) is 1. The summed E-state index contributed by atoms with van der Waals surface area (Å²) in [6.07, 6.45) is 0. The molecule has 0 spiro atoms. The first-order chi connectivity index (χ1) is 9.53. The molecule has 0 atom stereocenters. The Morgan fingerprint density at radius 2 is 1.90 bits per heavy atom. The van der Waals surface area contributed by atoms with E-state index in [1.165, 1.54) is 18.2 Å². The molecule has 0 saturated carbocycles. The van der Waals surface area contributed by atoms with Gasteiger partial charge in [-0.25, -0.2) is 12.8 Å². The minimum atomic E-state index is -3.85. The SMILES string of the molecule is CCOc1ccccc1NS(=O)(=O)c1cccc(F)c1. The molecule has 2 rings (SSSR count). The van der Waals surface area contributed by atoms with Crippen molar-refractivity contribution in [2.24, 2.45) is 0 Å². The molecule has 1 N–H and O–H groups in total. The zero-order valence-electron chi connectivity index (χ0n) is 10.8. The number of nitrogens with one attached hydrogen (secondary N) is 1. The van der Waals surface area contributed by atoms with Crippen LogP contribution in [0.4, 0.5) is 10.1 Å². The Bertz CT molecular complexity index is 701. The fourth-order valence-electron chi connectivity index (χ4n) is 1.67. The molecule has 0 bridgehead atoms. The third-order valence-electron chi connectivity index (χ3n) is 2.54. The molecule has 0 fully saturated rings. The highest BCUT2D eigenvalue weighted by Crippen LogP contribution is 2.26. The maximum atomic E-state index is 13.1. The number of rotatable bonds is 5. The van der Waals surface area contributed by atoms with Crippen LogP contribution in [0.3, 0.4) is 0 Å². The molecule has 2 aromatic carbocycles. The highest BCUT2D eigenvalue weighted by molar-refractivity contribution is 7.92. The van der Waals surface area contributed by atoms with E-state index in [0.717, 1.165) is 6.07 Å². The second kappa shape index (κ2) is 5.92. The lowest BCUT2D eigenvalue weighted by Gasteiger charge is -2.12. The van der Waals surface area contributed by atoms with Gasteiger partial charge in [0.25, 0.3) is 10.0 Å². The van der Waals surface area contributed by atoms with Crippen molar-refractivity contribution in [2.75, 3.05) is 11.3 Å². The number of benzene rings is 2. The zero-order valence-corrected chi connectivity index (χ0v) is 11.7. The van der Waals surface area contributed by atoms with Gasteiger partial charge in [-0.2, -0.15) is 0 Å². The summed E-state index contributed by atoms with van der Waals surface area (Å²) in [5, 5.41) is 0. The van der Waals surface area contributed by atoms with Crippen LogP contribution in [-0.4, -0.2) is 15.0 Å². The Balaban J connectivity index is 2.34. The van der Waals surface area contributed by atoms with E-state index in [4.69, 9.17) is 4.74 Å². The first-order valence-electron chi connectivity index (χ1n) is 6.03. The van der Waals surface area contributed by atoms with Gasteiger partial charge in [0, 0.05) is 0 Å². The van der Waals surface area contributed by atoms with E-state index < -0.39 is 15.8 Å². The molecule has 0 saturated heterocycles. The molecular weight excluding hydrogens is 281 g/mol. The van der Waals surface area contributed by atoms with E-state index in [2.05, 4.69) is 4.72 Å². The fraction of sp³-hybridized carbons (Fsp3) is 0.143. The van der Waals surface area contributed by atoms with Crippen LogP contribution in [0, 0.1) is 5.82 Å². The molecule has 0 amide bonds. The van der Waals surface area contributed by atoms with Crippen LogP contribution >= 0.6 is 0 Å². The molecule has 0 unspecified atom stereocenters. The topological polar surface area (TPSA) is 55.4 Å². The predicted molar refractivity (Wildman–Crippen MR) is 74.8 cm³/mol. The molecule has 2 aromatic rings. The molecule has 20 heavy (non-hydrogen) atoms. The third kappa shape index (κ3) is 3.27. The number of halogens is 1. The van der Waals surface area contributed by atoms with E-state index in [-0.39, 0.29) is 4.90 Å². The largest absolute Gasteiger partial charge is 0.492 e. The van der Waals surface area contributed by atoms with Gasteiger partial charge in [0.05, 0.1) is 17.2 Å². The van der Waals surface area contributed by atoms with Gasteiger partial charge < -0.3 is 4.74 Å². The highest BCUT2D eigenvalue weighted by atomic mass is 32.2. The van der Waals surface area contributed by atoms with Crippen molar-refractivity contribution < 1.29 is 17.5 Å². The normalized spacial score (nSPS) is 11.1. The fourth-order valence-corrected chi connectivity index (χ4v) is 2.77. The second-order valence-electron chi connectivity index (χ2n) is 3.99. The van der Waals surface area contributed by atoms with Crippen molar-refractivity contribution in [1.82, 2.24) is 0 Å². The van der Waals surface area contributed by atoms with Crippen LogP contribution in [-0.2, 0) is 10.0 Å². The number of hydrogen-bond acceptors (Lipinski definition) is 3. The van der Waals surface area contributed by atoms with E-state index in [1.54, 1.807) is 31.2 Å². The van der Waals surface area contributed by atoms with Crippen molar-refractivity contribution >= 4 is 15.7 Å². The van der Waals surface area contributed by atoms with E-state index in [1.807, 2.05) is 0 Å². The second-order valence-corrected chi connectivity index (χ2v) is 5.67. The molecule has 0 radical (unpaired) electrons. The molecular formula is C14H14FNO3S. The third-order valence-corrected chi connectivity index (χ3v) is 3.90. The van der Waals surface area contributed by atoms with Gasteiger partial charge in [-0.1, -0.05) is 18.2 Å². The van der Waals surface area contributed by atoms with Crippen molar-refractivity contribution in [1.29, 1.82) is 0 Å². The number of para-hydroxylation sites is 2. The van der Waals surface area contributed by atoms with Gasteiger partial charge >= 0.3 is 0 Å². The Morgan fingerprint density at radius 3 is 2.60 bits per heavy atom. The molecule has 4 nitrogen and oxygen atoms in total. The monoisotopic (exact) mass is 295 g/mol. The van der Waals surface area contributed by atoms with E-state index in [0.29, 0.717) is 18.0 Å². The summed E-state index contributed by atoms with van der Waals surface area (Å²) in [5.74, 6) is -0.180. The van der Waals surface area contributed by atoms with Crippen LogP contribution in [0.15, 0.2) is 53.4 Å². The Labute approximate surface area is 117 Å². The van der Waals surface area contributed by atoms with Crippen molar-refractivity contribution in [3.63, 3.8) is 0 Å². The summed E-state index contributed by atoms with van der Waals surface area (Å²) in [4.78, 5) is -0.135. The summed E-state index contributed by atoms with van der Waals surface area (Å²) >= 11 is 0. The predicted octanol–water partition coefficient (Wildman–Crippen LogP) is 3.03. The van der Waals surface area contributed by atoms with Gasteiger partial charge in [0.1, 0.15) is 11.6 Å². The summed E-state index contributed by atoms with van der Waals surface area (Å²) in [5.41, 5.74) is 0.318. The summed E-state index contributed by atoms with van der Waals surface area (Å²) < 4.78 is 45.2. The van der Waals surface area contributed by atoms with Crippen LogP contribution in [0.5, 0.6) is 5.75 Å². The molecule has 106 valence electrons. The van der Waals surface area contributed by atoms with Crippen LogP contribution in [0.2, 0.25) is 0 Å². The highest BCUT2D eigenvalue weighted by Gasteiger charge is 2.16. The molecule has 0 aromatic heterocycles. The van der Waals surface area contributed by atoms with Gasteiger partial charge in [-0.05, 0) is 37.3 Å². The van der Waals surface area contributed by atoms with Crippen LogP contribution < -0.4 is 9.46 Å². The summed E-state index contributed by atoms with van der Waals surface area (Å²) in [6, 6.07) is 11.5.